The Balaban J connectivity index is 0. The molecule has 1 aromatic rings. The summed E-state index contributed by atoms with van der Waals surface area (Å²) >= 11 is 0. The van der Waals surface area contributed by atoms with Crippen molar-refractivity contribution in [3.8, 4) is 0 Å². The molecule has 0 saturated heterocycles. The second kappa shape index (κ2) is 11.7. The zero-order valence-corrected chi connectivity index (χ0v) is 9.88. The van der Waals surface area contributed by atoms with Gasteiger partial charge in [-0.25, -0.2) is 0 Å². The summed E-state index contributed by atoms with van der Waals surface area (Å²) in [6.07, 6.45) is 1.75. The second-order valence-electron chi connectivity index (χ2n) is 2.55. The fourth-order valence-electron chi connectivity index (χ4n) is 0.723. The van der Waals surface area contributed by atoms with Crippen molar-refractivity contribution in [2.45, 2.75) is 27.7 Å². The van der Waals surface area contributed by atoms with Gasteiger partial charge in [-0.1, -0.05) is 62.4 Å². The Labute approximate surface area is 89.0 Å². The maximum Gasteiger partial charge on any atom is -0.0233 e. The van der Waals surface area contributed by atoms with Crippen LogP contribution < -0.4 is 0 Å². The van der Waals surface area contributed by atoms with Crippen molar-refractivity contribution in [1.82, 2.24) is 0 Å². The Bertz CT molecular complexity index is 231. The molecule has 78 valence electrons. The number of benzene rings is 1. The van der Waals surface area contributed by atoms with Crippen molar-refractivity contribution >= 4 is 5.57 Å². The minimum absolute atomic E-state index is 1.12. The van der Waals surface area contributed by atoms with Crippen LogP contribution >= 0.6 is 0 Å². The molecule has 14 heavy (non-hydrogen) atoms. The van der Waals surface area contributed by atoms with Crippen LogP contribution in [0.15, 0.2) is 49.6 Å². The zero-order chi connectivity index (χ0) is 11.4. The fourth-order valence-corrected chi connectivity index (χ4v) is 0.723. The Morgan fingerprint density at radius 2 is 1.50 bits per heavy atom. The van der Waals surface area contributed by atoms with E-state index in [1.807, 2.05) is 45.9 Å². The SMILES string of the molecule is C=C(C)c1ccccc1.C=CC.CC. The lowest BCUT2D eigenvalue weighted by Gasteiger charge is -1.94. The molecule has 0 N–H and O–H groups in total. The van der Waals surface area contributed by atoms with E-state index in [9.17, 15) is 0 Å². The average Bonchev–Trinajstić information content (AvgIpc) is 2.23. The van der Waals surface area contributed by atoms with Gasteiger partial charge in [0.15, 0.2) is 0 Å². The van der Waals surface area contributed by atoms with Crippen molar-refractivity contribution in [3.05, 3.63) is 55.1 Å². The molecule has 0 spiro atoms. The molecule has 0 aliphatic carbocycles. The summed E-state index contributed by atoms with van der Waals surface area (Å²) in [5.41, 5.74) is 2.34. The first kappa shape index (κ1) is 15.2. The molecule has 0 aliphatic rings. The summed E-state index contributed by atoms with van der Waals surface area (Å²) in [5, 5.41) is 0. The Morgan fingerprint density at radius 1 is 1.14 bits per heavy atom. The highest BCUT2D eigenvalue weighted by atomic mass is 13.9. The fraction of sp³-hybridized carbons (Fsp3) is 0.286. The zero-order valence-electron chi connectivity index (χ0n) is 9.88. The standard InChI is InChI=1S/C9H10.C3H6.C2H6/c1-8(2)9-6-4-3-5-7-9;1-3-2;1-2/h3-7H,1H2,2H3;3H,1H2,2H3;1-2H3. The number of rotatable bonds is 1. The van der Waals surface area contributed by atoms with E-state index in [4.69, 9.17) is 0 Å². The third-order valence-corrected chi connectivity index (χ3v) is 1.27. The smallest absolute Gasteiger partial charge is 0.0233 e. The van der Waals surface area contributed by atoms with Crippen molar-refractivity contribution < 1.29 is 0 Å². The molecule has 0 fully saturated rings. The first-order valence-electron chi connectivity index (χ1n) is 5.00. The molecule has 0 heteroatoms. The van der Waals surface area contributed by atoms with E-state index in [1.165, 1.54) is 5.56 Å². The third-order valence-electron chi connectivity index (χ3n) is 1.27. The topological polar surface area (TPSA) is 0 Å². The third kappa shape index (κ3) is 8.79. The summed E-state index contributed by atoms with van der Waals surface area (Å²) in [4.78, 5) is 0. The minimum atomic E-state index is 1.12. The Hall–Kier alpha value is -1.30. The molecule has 1 aromatic carbocycles. The normalized spacial score (nSPS) is 7.14. The van der Waals surface area contributed by atoms with E-state index in [0.717, 1.165) is 5.57 Å². The van der Waals surface area contributed by atoms with E-state index in [2.05, 4.69) is 25.3 Å². The van der Waals surface area contributed by atoms with Gasteiger partial charge in [-0.15, -0.1) is 6.58 Å². The van der Waals surface area contributed by atoms with Crippen LogP contribution in [0.3, 0.4) is 0 Å². The lowest BCUT2D eigenvalue weighted by Crippen LogP contribution is -1.72. The molecule has 0 radical (unpaired) electrons. The summed E-state index contributed by atoms with van der Waals surface area (Å²) in [6, 6.07) is 10.2. The maximum atomic E-state index is 3.83. The van der Waals surface area contributed by atoms with Gasteiger partial charge in [-0.3, -0.25) is 0 Å². The van der Waals surface area contributed by atoms with E-state index in [0.29, 0.717) is 0 Å². The highest BCUT2D eigenvalue weighted by Crippen LogP contribution is 2.08. The van der Waals surface area contributed by atoms with Gasteiger partial charge in [0.1, 0.15) is 0 Å². The van der Waals surface area contributed by atoms with Crippen LogP contribution in [0.4, 0.5) is 0 Å². The van der Waals surface area contributed by atoms with Gasteiger partial charge in [-0.05, 0) is 19.4 Å². The molecule has 0 heterocycles. The van der Waals surface area contributed by atoms with Crippen LogP contribution in [-0.4, -0.2) is 0 Å². The lowest BCUT2D eigenvalue weighted by molar-refractivity contribution is 1.50. The van der Waals surface area contributed by atoms with Gasteiger partial charge in [-0.2, -0.15) is 0 Å². The van der Waals surface area contributed by atoms with Crippen molar-refractivity contribution in [2.75, 3.05) is 0 Å². The van der Waals surface area contributed by atoms with Crippen molar-refractivity contribution in [1.29, 1.82) is 0 Å². The molecule has 0 saturated carbocycles. The molecule has 0 unspecified atom stereocenters. The Morgan fingerprint density at radius 3 is 1.71 bits per heavy atom. The van der Waals surface area contributed by atoms with E-state index in [1.54, 1.807) is 6.08 Å². The number of hydrogen-bond acceptors (Lipinski definition) is 0. The molecule has 0 nitrogen and oxygen atoms in total. The van der Waals surface area contributed by atoms with Gasteiger partial charge in [0.05, 0.1) is 0 Å². The molecule has 0 aromatic heterocycles. The lowest BCUT2D eigenvalue weighted by atomic mass is 10.1. The molecular weight excluding hydrogens is 168 g/mol. The van der Waals surface area contributed by atoms with Crippen LogP contribution in [0.25, 0.3) is 5.57 Å². The quantitative estimate of drug-likeness (QED) is 0.550. The van der Waals surface area contributed by atoms with Gasteiger partial charge >= 0.3 is 0 Å². The minimum Gasteiger partial charge on any atom is -0.103 e. The van der Waals surface area contributed by atoms with Crippen LogP contribution in [0.2, 0.25) is 0 Å². The average molecular weight is 190 g/mol. The van der Waals surface area contributed by atoms with Crippen molar-refractivity contribution in [3.63, 3.8) is 0 Å². The van der Waals surface area contributed by atoms with Crippen LogP contribution in [-0.2, 0) is 0 Å². The molecule has 0 amide bonds. The Kier molecular flexibility index (Phi) is 12.7. The summed E-state index contributed by atoms with van der Waals surface area (Å²) in [7, 11) is 0. The highest BCUT2D eigenvalue weighted by Gasteiger charge is 1.86. The van der Waals surface area contributed by atoms with Crippen LogP contribution in [0, 0.1) is 0 Å². The van der Waals surface area contributed by atoms with Crippen molar-refractivity contribution in [2.24, 2.45) is 0 Å². The van der Waals surface area contributed by atoms with Gasteiger partial charge in [0.25, 0.3) is 0 Å². The van der Waals surface area contributed by atoms with Gasteiger partial charge in [0, 0.05) is 0 Å². The number of allylic oxidation sites excluding steroid dienone is 2. The summed E-state index contributed by atoms with van der Waals surface area (Å²) < 4.78 is 0. The molecule has 1 rings (SSSR count). The molecule has 0 aliphatic heterocycles. The largest absolute Gasteiger partial charge is 0.103 e. The van der Waals surface area contributed by atoms with Gasteiger partial charge < -0.3 is 0 Å². The summed E-state index contributed by atoms with van der Waals surface area (Å²) in [6.45, 7) is 15.1. The van der Waals surface area contributed by atoms with E-state index >= 15 is 0 Å². The maximum absolute atomic E-state index is 3.83. The first-order valence-corrected chi connectivity index (χ1v) is 5.00. The number of hydrogen-bond donors (Lipinski definition) is 0. The van der Waals surface area contributed by atoms with Crippen LogP contribution in [0.1, 0.15) is 33.3 Å². The highest BCUT2D eigenvalue weighted by molar-refractivity contribution is 5.60. The molecule has 0 atom stereocenters. The van der Waals surface area contributed by atoms with E-state index in [-0.39, 0.29) is 0 Å². The summed E-state index contributed by atoms with van der Waals surface area (Å²) in [5.74, 6) is 0. The van der Waals surface area contributed by atoms with Gasteiger partial charge in [0.2, 0.25) is 0 Å². The second-order valence-corrected chi connectivity index (χ2v) is 2.55. The van der Waals surface area contributed by atoms with E-state index < -0.39 is 0 Å². The first-order chi connectivity index (χ1) is 6.72. The predicted molar refractivity (Wildman–Crippen MR) is 68.4 cm³/mol. The molecular formula is C14H22. The predicted octanol–water partition coefficient (Wildman–Crippen LogP) is 4.94. The monoisotopic (exact) mass is 190 g/mol. The molecule has 0 bridgehead atoms. The van der Waals surface area contributed by atoms with Crippen LogP contribution in [0.5, 0.6) is 0 Å².